The zero-order chi connectivity index (χ0) is 16.8. The zero-order valence-electron chi connectivity index (χ0n) is 14.2. The summed E-state index contributed by atoms with van der Waals surface area (Å²) in [6, 6.07) is 3.02. The van der Waals surface area contributed by atoms with Crippen molar-refractivity contribution in [1.29, 1.82) is 0 Å². The molecule has 0 aliphatic carbocycles. The summed E-state index contributed by atoms with van der Waals surface area (Å²) >= 11 is 0. The van der Waals surface area contributed by atoms with Gasteiger partial charge in [0.05, 0.1) is 12.3 Å². The molecule has 23 heavy (non-hydrogen) atoms. The van der Waals surface area contributed by atoms with Crippen LogP contribution in [0.1, 0.15) is 26.7 Å². The first-order valence-electron chi connectivity index (χ1n) is 8.25. The molecule has 1 fully saturated rings. The van der Waals surface area contributed by atoms with Crippen LogP contribution >= 0.6 is 0 Å². The predicted octanol–water partition coefficient (Wildman–Crippen LogP) is 2.39. The van der Waals surface area contributed by atoms with Crippen molar-refractivity contribution in [3.63, 3.8) is 0 Å². The monoisotopic (exact) mass is 321 g/mol. The number of amides is 2. The van der Waals surface area contributed by atoms with Gasteiger partial charge >= 0.3 is 6.03 Å². The van der Waals surface area contributed by atoms with E-state index in [9.17, 15) is 9.59 Å². The quantitative estimate of drug-likeness (QED) is 0.926. The topological polar surface area (TPSA) is 63.6 Å². The number of hydrogen-bond donors (Lipinski definition) is 1. The van der Waals surface area contributed by atoms with Crippen LogP contribution in [0.2, 0.25) is 0 Å². The Morgan fingerprint density at radius 3 is 2.87 bits per heavy atom. The first-order valence-corrected chi connectivity index (χ1v) is 8.25. The summed E-state index contributed by atoms with van der Waals surface area (Å²) in [5.41, 5.74) is 0.535. The number of hydrogen-bond acceptors (Lipinski definition) is 3. The Morgan fingerprint density at radius 2 is 2.13 bits per heavy atom. The lowest BCUT2D eigenvalue weighted by atomic mass is 9.97. The molecule has 128 valence electrons. The summed E-state index contributed by atoms with van der Waals surface area (Å²) < 4.78 is 6.55. The summed E-state index contributed by atoms with van der Waals surface area (Å²) in [4.78, 5) is 26.1. The second-order valence-electron chi connectivity index (χ2n) is 6.55. The molecule has 0 radical (unpaired) electrons. The average molecular weight is 321 g/mol. The van der Waals surface area contributed by atoms with Gasteiger partial charge in [-0.15, -0.1) is 0 Å². The van der Waals surface area contributed by atoms with Gasteiger partial charge in [0, 0.05) is 39.0 Å². The number of carbonyl (C=O) groups is 1. The van der Waals surface area contributed by atoms with Crippen molar-refractivity contribution in [3.05, 3.63) is 28.7 Å². The van der Waals surface area contributed by atoms with Crippen LogP contribution in [0.3, 0.4) is 0 Å². The van der Waals surface area contributed by atoms with E-state index in [1.165, 1.54) is 6.07 Å². The Balaban J connectivity index is 2.03. The maximum atomic E-state index is 12.5. The van der Waals surface area contributed by atoms with Crippen LogP contribution in [0.15, 0.2) is 23.1 Å². The van der Waals surface area contributed by atoms with E-state index in [0.717, 1.165) is 25.9 Å². The molecule has 0 unspecified atom stereocenters. The largest absolute Gasteiger partial charge is 0.383 e. The highest BCUT2D eigenvalue weighted by atomic mass is 16.5. The Bertz CT molecular complexity index is 585. The molecule has 1 saturated heterocycles. The van der Waals surface area contributed by atoms with E-state index in [-0.39, 0.29) is 11.6 Å². The molecule has 6 nitrogen and oxygen atoms in total. The molecule has 1 aliphatic heterocycles. The zero-order valence-corrected chi connectivity index (χ0v) is 14.2. The summed E-state index contributed by atoms with van der Waals surface area (Å²) in [5, 5.41) is 2.91. The third kappa shape index (κ3) is 5.10. The number of likely N-dealkylation sites (tertiary alicyclic amines) is 1. The van der Waals surface area contributed by atoms with Crippen LogP contribution in [-0.4, -0.2) is 42.3 Å². The molecule has 0 spiro atoms. The molecule has 0 bridgehead atoms. The Hall–Kier alpha value is -1.82. The average Bonchev–Trinajstić information content (AvgIpc) is 2.68. The normalized spacial score (nSPS) is 21.8. The highest BCUT2D eigenvalue weighted by Gasteiger charge is 2.22. The van der Waals surface area contributed by atoms with Gasteiger partial charge in [-0.25, -0.2) is 4.79 Å². The van der Waals surface area contributed by atoms with E-state index in [4.69, 9.17) is 4.74 Å². The third-order valence-electron chi connectivity index (χ3n) is 4.29. The second kappa shape index (κ2) is 8.15. The summed E-state index contributed by atoms with van der Waals surface area (Å²) in [6.45, 7) is 6.91. The van der Waals surface area contributed by atoms with E-state index in [2.05, 4.69) is 19.2 Å². The van der Waals surface area contributed by atoms with Gasteiger partial charge in [0.1, 0.15) is 0 Å². The molecule has 2 atom stereocenters. The van der Waals surface area contributed by atoms with Crippen molar-refractivity contribution >= 4 is 11.7 Å². The number of ether oxygens (including phenoxy) is 1. The van der Waals surface area contributed by atoms with Crippen LogP contribution in [0.25, 0.3) is 0 Å². The molecule has 1 aliphatic rings. The predicted molar refractivity (Wildman–Crippen MR) is 90.7 cm³/mol. The van der Waals surface area contributed by atoms with Gasteiger partial charge in [-0.05, 0) is 30.7 Å². The van der Waals surface area contributed by atoms with Gasteiger partial charge in [-0.2, -0.15) is 0 Å². The highest BCUT2D eigenvalue weighted by Crippen LogP contribution is 2.21. The summed E-state index contributed by atoms with van der Waals surface area (Å²) in [7, 11) is 1.60. The van der Waals surface area contributed by atoms with Gasteiger partial charge < -0.3 is 19.5 Å². The standard InChI is InChI=1S/C17H27N3O3/c1-13-6-7-20(11-14(2)10-13)17(22)18-15-4-5-16(21)19(12-15)8-9-23-3/h4-5,12-14H,6-11H2,1-3H3,(H,18,22)/t13-,14+/m1/s1. The minimum absolute atomic E-state index is 0.0945. The van der Waals surface area contributed by atoms with Crippen LogP contribution in [0.5, 0.6) is 0 Å². The molecule has 1 N–H and O–H groups in total. The SMILES string of the molecule is COCCn1cc(NC(=O)N2CC[C@@H](C)C[C@H](C)C2)ccc1=O. The first kappa shape index (κ1) is 17.5. The van der Waals surface area contributed by atoms with Gasteiger partial charge in [0.25, 0.3) is 5.56 Å². The Labute approximate surface area is 137 Å². The van der Waals surface area contributed by atoms with Crippen LogP contribution in [0.4, 0.5) is 10.5 Å². The van der Waals surface area contributed by atoms with Gasteiger partial charge in [-0.3, -0.25) is 4.79 Å². The molecular formula is C17H27N3O3. The number of urea groups is 1. The van der Waals surface area contributed by atoms with E-state index in [1.54, 1.807) is 23.9 Å². The van der Waals surface area contributed by atoms with E-state index in [1.807, 2.05) is 4.90 Å². The van der Waals surface area contributed by atoms with E-state index < -0.39 is 0 Å². The number of nitrogens with one attached hydrogen (secondary N) is 1. The van der Waals surface area contributed by atoms with E-state index in [0.29, 0.717) is 30.7 Å². The molecule has 6 heteroatoms. The fourth-order valence-electron chi connectivity index (χ4n) is 3.08. The highest BCUT2D eigenvalue weighted by molar-refractivity contribution is 5.89. The number of nitrogens with zero attached hydrogens (tertiary/aromatic N) is 2. The van der Waals surface area contributed by atoms with Crippen molar-refractivity contribution in [2.24, 2.45) is 11.8 Å². The van der Waals surface area contributed by atoms with Gasteiger partial charge in [-0.1, -0.05) is 13.8 Å². The van der Waals surface area contributed by atoms with Crippen LogP contribution < -0.4 is 10.9 Å². The van der Waals surface area contributed by atoms with Crippen molar-refractivity contribution in [2.45, 2.75) is 33.2 Å². The van der Waals surface area contributed by atoms with Crippen LogP contribution in [-0.2, 0) is 11.3 Å². The number of carbonyl (C=O) groups excluding carboxylic acids is 1. The minimum Gasteiger partial charge on any atom is -0.383 e. The van der Waals surface area contributed by atoms with Gasteiger partial charge in [0.15, 0.2) is 0 Å². The minimum atomic E-state index is -0.0998. The van der Waals surface area contributed by atoms with Crippen molar-refractivity contribution in [3.8, 4) is 0 Å². The molecule has 2 rings (SSSR count). The molecule has 2 amide bonds. The lowest BCUT2D eigenvalue weighted by molar-refractivity contribution is 0.186. The number of rotatable bonds is 4. The van der Waals surface area contributed by atoms with Crippen molar-refractivity contribution in [1.82, 2.24) is 9.47 Å². The second-order valence-corrected chi connectivity index (χ2v) is 6.55. The van der Waals surface area contributed by atoms with Crippen molar-refractivity contribution in [2.75, 3.05) is 32.1 Å². The molecular weight excluding hydrogens is 294 g/mol. The maximum Gasteiger partial charge on any atom is 0.321 e. The Kier molecular flexibility index (Phi) is 6.21. The van der Waals surface area contributed by atoms with Crippen LogP contribution in [0, 0.1) is 11.8 Å². The number of methoxy groups -OCH3 is 1. The molecule has 1 aromatic heterocycles. The molecule has 1 aromatic rings. The molecule has 0 aromatic carbocycles. The van der Waals surface area contributed by atoms with Gasteiger partial charge in [0.2, 0.25) is 0 Å². The fraction of sp³-hybridized carbons (Fsp3) is 0.647. The number of aromatic nitrogens is 1. The fourth-order valence-corrected chi connectivity index (χ4v) is 3.08. The molecule has 0 saturated carbocycles. The Morgan fingerprint density at radius 1 is 1.35 bits per heavy atom. The maximum absolute atomic E-state index is 12.5. The molecule has 2 heterocycles. The third-order valence-corrected chi connectivity index (χ3v) is 4.29. The van der Waals surface area contributed by atoms with E-state index >= 15 is 0 Å². The summed E-state index contributed by atoms with van der Waals surface area (Å²) in [5.74, 6) is 1.16. The smallest absolute Gasteiger partial charge is 0.321 e. The lowest BCUT2D eigenvalue weighted by Crippen LogP contribution is -2.37. The summed E-state index contributed by atoms with van der Waals surface area (Å²) in [6.07, 6.45) is 3.86. The van der Waals surface area contributed by atoms with Crippen molar-refractivity contribution < 1.29 is 9.53 Å². The number of pyridine rings is 1. The number of anilines is 1. The first-order chi connectivity index (χ1) is 11.0. The lowest BCUT2D eigenvalue weighted by Gasteiger charge is -2.23.